The number of nitrogens with zero attached hydrogens (tertiary/aromatic N) is 2. The third-order valence-electron chi connectivity index (χ3n) is 4.14. The van der Waals surface area contributed by atoms with Crippen LogP contribution in [0.3, 0.4) is 0 Å². The topological polar surface area (TPSA) is 101 Å². The Kier molecular flexibility index (Phi) is 6.37. The van der Waals surface area contributed by atoms with Gasteiger partial charge in [-0.2, -0.15) is 0 Å². The van der Waals surface area contributed by atoms with Crippen LogP contribution in [0, 0.1) is 0 Å². The van der Waals surface area contributed by atoms with Gasteiger partial charge in [0, 0.05) is 43.6 Å². The number of aromatic nitrogens is 1. The van der Waals surface area contributed by atoms with Crippen LogP contribution in [0.4, 0.5) is 11.4 Å². The Morgan fingerprint density at radius 2 is 1.86 bits per heavy atom. The molecule has 2 N–H and O–H groups in total. The highest BCUT2D eigenvalue weighted by molar-refractivity contribution is 7.10. The fourth-order valence-corrected chi connectivity index (χ4v) is 3.70. The molecule has 0 saturated carbocycles. The summed E-state index contributed by atoms with van der Waals surface area (Å²) in [5.41, 5.74) is 2.53. The van der Waals surface area contributed by atoms with Gasteiger partial charge in [-0.15, -0.1) is 11.3 Å². The number of morpholine rings is 1. The van der Waals surface area contributed by atoms with Gasteiger partial charge in [0.15, 0.2) is 0 Å². The number of hydrogen-bond acceptors (Lipinski definition) is 6. The Labute approximate surface area is 166 Å². The van der Waals surface area contributed by atoms with E-state index in [1.807, 2.05) is 5.38 Å². The quantitative estimate of drug-likeness (QED) is 0.798. The third kappa shape index (κ3) is 5.14. The van der Waals surface area contributed by atoms with E-state index in [9.17, 15) is 14.4 Å². The van der Waals surface area contributed by atoms with E-state index in [0.717, 1.165) is 5.56 Å². The SMILES string of the molecule is CC(=O)Nc1ccc(-c2csc(CC(=O)N3CCOCC3)n2)c(NC(C)=O)c1. The van der Waals surface area contributed by atoms with Gasteiger partial charge in [0.1, 0.15) is 5.01 Å². The normalized spacial score (nSPS) is 13.9. The molecule has 1 fully saturated rings. The van der Waals surface area contributed by atoms with Crippen molar-refractivity contribution in [3.8, 4) is 11.3 Å². The van der Waals surface area contributed by atoms with E-state index < -0.39 is 0 Å². The summed E-state index contributed by atoms with van der Waals surface area (Å²) in [5, 5.41) is 8.04. The second kappa shape index (κ2) is 8.94. The van der Waals surface area contributed by atoms with Crippen molar-refractivity contribution in [2.45, 2.75) is 20.3 Å². The maximum atomic E-state index is 12.4. The maximum absolute atomic E-state index is 12.4. The molecule has 0 radical (unpaired) electrons. The van der Waals surface area contributed by atoms with Gasteiger partial charge >= 0.3 is 0 Å². The van der Waals surface area contributed by atoms with Crippen molar-refractivity contribution in [3.63, 3.8) is 0 Å². The molecule has 0 aliphatic carbocycles. The van der Waals surface area contributed by atoms with Crippen LogP contribution < -0.4 is 10.6 Å². The summed E-state index contributed by atoms with van der Waals surface area (Å²) in [7, 11) is 0. The van der Waals surface area contributed by atoms with Crippen LogP contribution >= 0.6 is 11.3 Å². The molecule has 1 aromatic heterocycles. The maximum Gasteiger partial charge on any atom is 0.229 e. The van der Waals surface area contributed by atoms with E-state index in [4.69, 9.17) is 4.74 Å². The molecule has 1 aliphatic rings. The van der Waals surface area contributed by atoms with E-state index in [1.54, 1.807) is 23.1 Å². The van der Waals surface area contributed by atoms with Gasteiger partial charge in [-0.05, 0) is 18.2 Å². The number of thiazole rings is 1. The van der Waals surface area contributed by atoms with Crippen molar-refractivity contribution >= 4 is 40.4 Å². The van der Waals surface area contributed by atoms with Crippen LogP contribution in [0.1, 0.15) is 18.9 Å². The molecule has 2 aromatic rings. The fraction of sp³-hybridized carbons (Fsp3) is 0.368. The van der Waals surface area contributed by atoms with E-state index in [1.165, 1.54) is 25.2 Å². The first-order valence-corrected chi connectivity index (χ1v) is 9.80. The summed E-state index contributed by atoms with van der Waals surface area (Å²) < 4.78 is 5.27. The van der Waals surface area contributed by atoms with Gasteiger partial charge in [-0.3, -0.25) is 14.4 Å². The highest BCUT2D eigenvalue weighted by atomic mass is 32.1. The zero-order valence-corrected chi connectivity index (χ0v) is 16.6. The highest BCUT2D eigenvalue weighted by Crippen LogP contribution is 2.32. The largest absolute Gasteiger partial charge is 0.378 e. The number of amides is 3. The lowest BCUT2D eigenvalue weighted by Crippen LogP contribution is -2.41. The van der Waals surface area contributed by atoms with Crippen molar-refractivity contribution in [2.75, 3.05) is 36.9 Å². The molecule has 28 heavy (non-hydrogen) atoms. The monoisotopic (exact) mass is 402 g/mol. The molecule has 3 rings (SSSR count). The summed E-state index contributed by atoms with van der Waals surface area (Å²) in [6.07, 6.45) is 0.240. The summed E-state index contributed by atoms with van der Waals surface area (Å²) >= 11 is 1.41. The zero-order chi connectivity index (χ0) is 20.1. The third-order valence-corrected chi connectivity index (χ3v) is 4.99. The Morgan fingerprint density at radius 1 is 1.14 bits per heavy atom. The number of carbonyl (C=O) groups is 3. The zero-order valence-electron chi connectivity index (χ0n) is 15.8. The Balaban J connectivity index is 1.79. The minimum Gasteiger partial charge on any atom is -0.378 e. The lowest BCUT2D eigenvalue weighted by atomic mass is 10.1. The molecule has 1 aliphatic heterocycles. The van der Waals surface area contributed by atoms with Crippen molar-refractivity contribution in [3.05, 3.63) is 28.6 Å². The van der Waals surface area contributed by atoms with Crippen LogP contribution in [-0.4, -0.2) is 53.9 Å². The number of nitrogens with one attached hydrogen (secondary N) is 2. The van der Waals surface area contributed by atoms with Gasteiger partial charge in [-0.25, -0.2) is 4.98 Å². The molecule has 2 heterocycles. The Bertz CT molecular complexity index is 890. The Morgan fingerprint density at radius 3 is 2.54 bits per heavy atom. The number of benzene rings is 1. The summed E-state index contributed by atoms with van der Waals surface area (Å²) in [4.78, 5) is 41.6. The molecule has 0 bridgehead atoms. The standard InChI is InChI=1S/C19H22N4O4S/c1-12(24)20-14-3-4-15(16(9-14)21-13(2)25)17-11-28-18(22-17)10-19(26)23-5-7-27-8-6-23/h3-4,9,11H,5-8,10H2,1-2H3,(H,20,24)(H,21,25). The van der Waals surface area contributed by atoms with Crippen LogP contribution in [0.15, 0.2) is 23.6 Å². The predicted octanol–water partition coefficient (Wildman–Crippen LogP) is 2.13. The van der Waals surface area contributed by atoms with Gasteiger partial charge < -0.3 is 20.3 Å². The van der Waals surface area contributed by atoms with Gasteiger partial charge in [-0.1, -0.05) is 0 Å². The summed E-state index contributed by atoms with van der Waals surface area (Å²) in [5.74, 6) is -0.384. The number of anilines is 2. The van der Waals surface area contributed by atoms with E-state index in [0.29, 0.717) is 48.4 Å². The highest BCUT2D eigenvalue weighted by Gasteiger charge is 2.19. The van der Waals surface area contributed by atoms with E-state index >= 15 is 0 Å². The first-order valence-electron chi connectivity index (χ1n) is 8.92. The molecular formula is C19H22N4O4S. The Hall–Kier alpha value is -2.78. The molecule has 0 atom stereocenters. The van der Waals surface area contributed by atoms with Gasteiger partial charge in [0.25, 0.3) is 0 Å². The molecule has 1 saturated heterocycles. The van der Waals surface area contributed by atoms with Crippen LogP contribution in [-0.2, 0) is 25.5 Å². The molecule has 9 heteroatoms. The minimum atomic E-state index is -0.223. The van der Waals surface area contributed by atoms with E-state index in [2.05, 4.69) is 15.6 Å². The van der Waals surface area contributed by atoms with Crippen molar-refractivity contribution in [1.29, 1.82) is 0 Å². The van der Waals surface area contributed by atoms with Gasteiger partial charge in [0.05, 0.1) is 31.0 Å². The summed E-state index contributed by atoms with van der Waals surface area (Å²) in [6.45, 7) is 5.18. The average molecular weight is 402 g/mol. The van der Waals surface area contributed by atoms with Crippen molar-refractivity contribution < 1.29 is 19.1 Å². The molecule has 1 aromatic carbocycles. The minimum absolute atomic E-state index is 0.0345. The lowest BCUT2D eigenvalue weighted by Gasteiger charge is -2.26. The smallest absolute Gasteiger partial charge is 0.229 e. The van der Waals surface area contributed by atoms with Crippen LogP contribution in [0.2, 0.25) is 0 Å². The molecule has 8 nitrogen and oxygen atoms in total. The molecule has 0 spiro atoms. The first kappa shape index (κ1) is 20.0. The van der Waals surface area contributed by atoms with Crippen LogP contribution in [0.25, 0.3) is 11.3 Å². The van der Waals surface area contributed by atoms with Crippen LogP contribution in [0.5, 0.6) is 0 Å². The second-order valence-corrected chi connectivity index (χ2v) is 7.36. The van der Waals surface area contributed by atoms with E-state index in [-0.39, 0.29) is 24.1 Å². The second-order valence-electron chi connectivity index (χ2n) is 6.42. The number of ether oxygens (including phenoxy) is 1. The molecule has 0 unspecified atom stereocenters. The van der Waals surface area contributed by atoms with Gasteiger partial charge in [0.2, 0.25) is 17.7 Å². The van der Waals surface area contributed by atoms with Crippen molar-refractivity contribution in [1.82, 2.24) is 9.88 Å². The average Bonchev–Trinajstić information content (AvgIpc) is 3.10. The predicted molar refractivity (Wildman–Crippen MR) is 107 cm³/mol. The lowest BCUT2D eigenvalue weighted by molar-refractivity contribution is -0.134. The number of carbonyl (C=O) groups excluding carboxylic acids is 3. The molecule has 3 amide bonds. The molecular weight excluding hydrogens is 380 g/mol. The number of rotatable bonds is 5. The first-order chi connectivity index (χ1) is 13.4. The number of hydrogen-bond donors (Lipinski definition) is 2. The molecule has 148 valence electrons. The summed E-state index contributed by atoms with van der Waals surface area (Å²) in [6, 6.07) is 5.23. The fourth-order valence-electron chi connectivity index (χ4n) is 2.91. The van der Waals surface area contributed by atoms with Crippen molar-refractivity contribution in [2.24, 2.45) is 0 Å².